The summed E-state index contributed by atoms with van der Waals surface area (Å²) in [6.45, 7) is 7.17. The zero-order valence-electron chi connectivity index (χ0n) is 8.98. The highest BCUT2D eigenvalue weighted by atomic mass is 14.9. The molecule has 0 spiro atoms. The van der Waals surface area contributed by atoms with Gasteiger partial charge in [-0.2, -0.15) is 0 Å². The molecular weight excluding hydrogens is 146 g/mol. The summed E-state index contributed by atoms with van der Waals surface area (Å²) in [4.78, 5) is 0. The van der Waals surface area contributed by atoms with Crippen molar-refractivity contribution in [1.29, 1.82) is 0 Å². The molecule has 0 aromatic heterocycles. The van der Waals surface area contributed by atoms with E-state index in [9.17, 15) is 0 Å². The summed E-state index contributed by atoms with van der Waals surface area (Å²) in [5, 5.41) is 3.38. The van der Waals surface area contributed by atoms with Crippen LogP contribution in [-0.2, 0) is 0 Å². The molecule has 0 saturated heterocycles. The normalized spacial score (nSPS) is 37.2. The van der Waals surface area contributed by atoms with Gasteiger partial charge >= 0.3 is 0 Å². The van der Waals surface area contributed by atoms with Crippen LogP contribution in [0.4, 0.5) is 0 Å². The molecule has 1 aliphatic carbocycles. The Labute approximate surface area is 76.9 Å². The van der Waals surface area contributed by atoms with Gasteiger partial charge in [-0.3, -0.25) is 0 Å². The summed E-state index contributed by atoms with van der Waals surface area (Å²) in [6, 6.07) is 0.789. The van der Waals surface area contributed by atoms with Gasteiger partial charge in [0, 0.05) is 6.04 Å². The molecule has 1 aliphatic rings. The minimum Gasteiger partial charge on any atom is -0.317 e. The molecule has 0 radical (unpaired) electrons. The van der Waals surface area contributed by atoms with Gasteiger partial charge in [0.25, 0.3) is 0 Å². The van der Waals surface area contributed by atoms with Gasteiger partial charge < -0.3 is 5.32 Å². The van der Waals surface area contributed by atoms with Gasteiger partial charge in [0.1, 0.15) is 0 Å². The first kappa shape index (κ1) is 10.0. The van der Waals surface area contributed by atoms with Crippen LogP contribution in [0, 0.1) is 11.3 Å². The van der Waals surface area contributed by atoms with Crippen molar-refractivity contribution < 1.29 is 0 Å². The van der Waals surface area contributed by atoms with Crippen molar-refractivity contribution in [3.63, 3.8) is 0 Å². The van der Waals surface area contributed by atoms with Crippen molar-refractivity contribution in [1.82, 2.24) is 5.32 Å². The third-order valence-electron chi connectivity index (χ3n) is 3.93. The maximum absolute atomic E-state index is 3.38. The Bertz CT molecular complexity index is 132. The third kappa shape index (κ3) is 2.01. The van der Waals surface area contributed by atoms with Gasteiger partial charge in [-0.1, -0.05) is 20.8 Å². The zero-order valence-corrected chi connectivity index (χ0v) is 8.98. The van der Waals surface area contributed by atoms with E-state index in [2.05, 4.69) is 33.1 Å². The van der Waals surface area contributed by atoms with Crippen molar-refractivity contribution in [3.8, 4) is 0 Å². The Balaban J connectivity index is 2.44. The lowest BCUT2D eigenvalue weighted by atomic mass is 9.67. The minimum absolute atomic E-state index is 0.618. The van der Waals surface area contributed by atoms with E-state index in [1.165, 1.54) is 25.7 Å². The van der Waals surface area contributed by atoms with Gasteiger partial charge in [-0.05, 0) is 44.1 Å². The van der Waals surface area contributed by atoms with Crippen molar-refractivity contribution in [2.24, 2.45) is 11.3 Å². The summed E-state index contributed by atoms with van der Waals surface area (Å²) in [7, 11) is 2.09. The molecule has 0 bridgehead atoms. The molecule has 1 nitrogen and oxygen atoms in total. The van der Waals surface area contributed by atoms with E-state index in [-0.39, 0.29) is 0 Å². The molecule has 1 fully saturated rings. The molecule has 12 heavy (non-hydrogen) atoms. The lowest BCUT2D eigenvalue weighted by Crippen LogP contribution is -2.36. The predicted molar refractivity (Wildman–Crippen MR) is 54.3 cm³/mol. The second kappa shape index (κ2) is 3.78. The number of hydrogen-bond donors (Lipinski definition) is 1. The molecule has 1 heteroatoms. The second-order valence-corrected chi connectivity index (χ2v) is 4.87. The molecule has 0 atom stereocenters. The lowest BCUT2D eigenvalue weighted by molar-refractivity contribution is 0.125. The average Bonchev–Trinajstić information content (AvgIpc) is 2.06. The lowest BCUT2D eigenvalue weighted by Gasteiger charge is -2.40. The van der Waals surface area contributed by atoms with E-state index in [0.29, 0.717) is 5.41 Å². The van der Waals surface area contributed by atoms with Crippen molar-refractivity contribution in [3.05, 3.63) is 0 Å². The number of nitrogens with one attached hydrogen (secondary N) is 1. The Morgan fingerprint density at radius 2 is 1.75 bits per heavy atom. The van der Waals surface area contributed by atoms with Gasteiger partial charge in [0.15, 0.2) is 0 Å². The van der Waals surface area contributed by atoms with Gasteiger partial charge in [0.2, 0.25) is 0 Å². The summed E-state index contributed by atoms with van der Waals surface area (Å²) in [6.07, 6.45) is 5.53. The maximum Gasteiger partial charge on any atom is 0.00644 e. The molecule has 1 saturated carbocycles. The monoisotopic (exact) mass is 169 g/mol. The maximum atomic E-state index is 3.38. The number of hydrogen-bond acceptors (Lipinski definition) is 1. The second-order valence-electron chi connectivity index (χ2n) is 4.87. The van der Waals surface area contributed by atoms with Crippen LogP contribution in [0.2, 0.25) is 0 Å². The first-order chi connectivity index (χ1) is 5.58. The van der Waals surface area contributed by atoms with Crippen LogP contribution in [0.1, 0.15) is 46.5 Å². The van der Waals surface area contributed by atoms with Crippen LogP contribution in [0.25, 0.3) is 0 Å². The Morgan fingerprint density at radius 3 is 2.08 bits per heavy atom. The van der Waals surface area contributed by atoms with Crippen molar-refractivity contribution >= 4 is 0 Å². The van der Waals surface area contributed by atoms with Gasteiger partial charge in [-0.15, -0.1) is 0 Å². The molecule has 0 unspecified atom stereocenters. The smallest absolute Gasteiger partial charge is 0.00644 e. The standard InChI is InChI=1S/C11H23N/c1-9(2)11(3)7-5-10(12-4)6-8-11/h9-10,12H,5-8H2,1-4H3. The van der Waals surface area contributed by atoms with E-state index in [0.717, 1.165) is 12.0 Å². The molecule has 1 N–H and O–H groups in total. The average molecular weight is 169 g/mol. The van der Waals surface area contributed by atoms with E-state index in [4.69, 9.17) is 0 Å². The first-order valence-electron chi connectivity index (χ1n) is 5.26. The van der Waals surface area contributed by atoms with E-state index in [1.807, 2.05) is 0 Å². The summed E-state index contributed by atoms with van der Waals surface area (Å²) < 4.78 is 0. The Kier molecular flexibility index (Phi) is 3.16. The molecule has 0 aromatic rings. The fraction of sp³-hybridized carbons (Fsp3) is 1.00. The summed E-state index contributed by atoms with van der Waals surface area (Å²) >= 11 is 0. The Morgan fingerprint density at radius 1 is 1.25 bits per heavy atom. The van der Waals surface area contributed by atoms with Crippen LogP contribution in [0.3, 0.4) is 0 Å². The van der Waals surface area contributed by atoms with Crippen LogP contribution in [0.5, 0.6) is 0 Å². The highest BCUT2D eigenvalue weighted by molar-refractivity contribution is 4.86. The van der Waals surface area contributed by atoms with Crippen LogP contribution >= 0.6 is 0 Å². The molecular formula is C11H23N. The fourth-order valence-electron chi connectivity index (χ4n) is 2.14. The van der Waals surface area contributed by atoms with Crippen LogP contribution in [-0.4, -0.2) is 13.1 Å². The van der Waals surface area contributed by atoms with E-state index >= 15 is 0 Å². The molecule has 72 valence electrons. The topological polar surface area (TPSA) is 12.0 Å². The molecule has 0 amide bonds. The predicted octanol–water partition coefficient (Wildman–Crippen LogP) is 2.81. The fourth-order valence-corrected chi connectivity index (χ4v) is 2.14. The van der Waals surface area contributed by atoms with Crippen LogP contribution < -0.4 is 5.32 Å². The SMILES string of the molecule is CNC1CCC(C)(C(C)C)CC1. The molecule has 0 heterocycles. The largest absolute Gasteiger partial charge is 0.317 e. The van der Waals surface area contributed by atoms with Crippen molar-refractivity contribution in [2.75, 3.05) is 7.05 Å². The quantitative estimate of drug-likeness (QED) is 0.670. The van der Waals surface area contributed by atoms with E-state index in [1.54, 1.807) is 0 Å². The zero-order chi connectivity index (χ0) is 9.19. The minimum atomic E-state index is 0.618. The molecule has 1 rings (SSSR count). The third-order valence-corrected chi connectivity index (χ3v) is 3.93. The van der Waals surface area contributed by atoms with Gasteiger partial charge in [-0.25, -0.2) is 0 Å². The molecule has 0 aromatic carbocycles. The summed E-state index contributed by atoms with van der Waals surface area (Å²) in [5.74, 6) is 0.843. The Hall–Kier alpha value is -0.0400. The summed E-state index contributed by atoms with van der Waals surface area (Å²) in [5.41, 5.74) is 0.618. The number of rotatable bonds is 2. The van der Waals surface area contributed by atoms with Crippen molar-refractivity contribution in [2.45, 2.75) is 52.5 Å². The van der Waals surface area contributed by atoms with E-state index < -0.39 is 0 Å². The van der Waals surface area contributed by atoms with Crippen LogP contribution in [0.15, 0.2) is 0 Å². The van der Waals surface area contributed by atoms with Gasteiger partial charge in [0.05, 0.1) is 0 Å². The first-order valence-corrected chi connectivity index (χ1v) is 5.26. The highest BCUT2D eigenvalue weighted by Gasteiger charge is 2.32. The molecule has 0 aliphatic heterocycles. The highest BCUT2D eigenvalue weighted by Crippen LogP contribution is 2.41.